The molecular formula is C100H166N10O36S. The van der Waals surface area contributed by atoms with Crippen molar-refractivity contribution in [2.24, 2.45) is 28.3 Å². The molecule has 0 radical (unpaired) electrons. The second-order valence-electron chi connectivity index (χ2n) is 33.4. The Kier molecular flexibility index (Phi) is 76.6. The van der Waals surface area contributed by atoms with Crippen LogP contribution >= 0.6 is 0 Å². The van der Waals surface area contributed by atoms with Gasteiger partial charge in [-0.2, -0.15) is 4.31 Å². The third kappa shape index (κ3) is 66.2. The molecule has 46 nitrogen and oxygen atoms in total. The molecule has 2 atom stereocenters. The number of rotatable bonds is 100. The van der Waals surface area contributed by atoms with Gasteiger partial charge in [-0.05, 0) is 84.7 Å². The van der Waals surface area contributed by atoms with Crippen LogP contribution in [0.2, 0.25) is 0 Å². The number of carboxylic acid groups (broad SMARTS) is 1. The summed E-state index contributed by atoms with van der Waals surface area (Å²) in [4.78, 5) is 95.4. The van der Waals surface area contributed by atoms with Crippen molar-refractivity contribution in [1.29, 1.82) is 0 Å². The fraction of sp³-hybridized carbons (Fsp3) is 0.720. The highest BCUT2D eigenvalue weighted by Gasteiger charge is 2.37. The highest BCUT2D eigenvalue weighted by atomic mass is 32.2. The summed E-state index contributed by atoms with van der Waals surface area (Å²) in [7, 11) is -3.89. The monoisotopic (exact) mass is 2120 g/mol. The minimum atomic E-state index is -3.89. The lowest BCUT2D eigenvalue weighted by atomic mass is 10.0. The Morgan fingerprint density at radius 1 is 0.449 bits per heavy atom. The van der Waals surface area contributed by atoms with Gasteiger partial charge in [0.1, 0.15) is 24.5 Å². The van der Waals surface area contributed by atoms with Crippen LogP contribution in [-0.4, -0.2) is 452 Å². The van der Waals surface area contributed by atoms with Crippen LogP contribution in [0.5, 0.6) is 0 Å². The quantitative estimate of drug-likeness (QED) is 0.0357. The molecule has 0 bridgehead atoms. The number of ether oxygens (including phenoxy) is 26. The number of carbonyl (C=O) groups is 7. The fourth-order valence-corrected chi connectivity index (χ4v) is 15.1. The zero-order valence-electron chi connectivity index (χ0n) is 86.6. The molecule has 2 aliphatic rings. The SMILES string of the molecule is CCCN(CCC)C(=O)C1=Cc2ccc(-c3cccc(S(=O)(=O)N4CC(CNC(=O)OCc5ccc(NC(=O)[C@H](CCCNC(N)=O)NC(=O)[C@@H](NC(=O)CCOCCOCCOCCOCCOCCOCCOCCOCCOCCOCCOCCOCCOCCOCCOCCOCCOCCOCCOCCOCCOCCOCCOCCOCCOCCC(=O)O)C(C)C)cc5)C4)c3)cc2N=C(N)C1. The Morgan fingerprint density at radius 3 is 1.16 bits per heavy atom. The first kappa shape index (κ1) is 129. The summed E-state index contributed by atoms with van der Waals surface area (Å²) in [5, 5.41) is 22.1. The molecule has 147 heavy (non-hydrogen) atoms. The average molecular weight is 2120 g/mol. The number of aliphatic imine (C=N–C) groups is 1. The third-order valence-corrected chi connectivity index (χ3v) is 23.0. The smallest absolute Gasteiger partial charge is 0.407 e. The molecule has 838 valence electrons. The number of carboxylic acids is 1. The van der Waals surface area contributed by atoms with E-state index in [-0.39, 0.29) is 114 Å². The fourth-order valence-electron chi connectivity index (χ4n) is 13.5. The molecule has 7 amide bonds. The van der Waals surface area contributed by atoms with Gasteiger partial charge in [-0.3, -0.25) is 24.0 Å². The number of alkyl carbamates (subject to hydrolysis) is 1. The van der Waals surface area contributed by atoms with E-state index in [1.54, 1.807) is 56.3 Å². The van der Waals surface area contributed by atoms with Crippen LogP contribution in [0, 0.1) is 11.8 Å². The van der Waals surface area contributed by atoms with Gasteiger partial charge in [0.05, 0.1) is 347 Å². The van der Waals surface area contributed by atoms with Crippen molar-refractivity contribution >= 4 is 75.0 Å². The maximum atomic E-state index is 13.8. The minimum Gasteiger partial charge on any atom is -0.481 e. The predicted molar refractivity (Wildman–Crippen MR) is 541 cm³/mol. The van der Waals surface area contributed by atoms with Crippen LogP contribution in [0.4, 0.5) is 21.0 Å². The molecule has 2 heterocycles. The first-order valence-electron chi connectivity index (χ1n) is 50.9. The Hall–Kier alpha value is -8.33. The number of amides is 7. The number of carbonyl (C=O) groups excluding carboxylic acids is 6. The maximum absolute atomic E-state index is 13.8. The van der Waals surface area contributed by atoms with Crippen LogP contribution in [0.15, 0.2) is 82.2 Å². The van der Waals surface area contributed by atoms with Crippen molar-refractivity contribution < 1.29 is 170 Å². The van der Waals surface area contributed by atoms with Crippen molar-refractivity contribution in [2.75, 3.05) is 375 Å². The van der Waals surface area contributed by atoms with Crippen molar-refractivity contribution in [1.82, 2.24) is 30.5 Å². The maximum Gasteiger partial charge on any atom is 0.407 e. The van der Waals surface area contributed by atoms with Crippen molar-refractivity contribution in [2.45, 2.75) is 96.2 Å². The van der Waals surface area contributed by atoms with Crippen LogP contribution in [-0.2, 0) is 164 Å². The zero-order chi connectivity index (χ0) is 106. The van der Waals surface area contributed by atoms with Crippen LogP contribution < -0.4 is 38.1 Å². The van der Waals surface area contributed by atoms with E-state index >= 15 is 0 Å². The number of benzene rings is 3. The average Bonchev–Trinajstić information content (AvgIpc) is 1.17. The number of hydrogen-bond donors (Lipinski definition) is 8. The van der Waals surface area contributed by atoms with Gasteiger partial charge in [0.2, 0.25) is 33.7 Å². The van der Waals surface area contributed by atoms with Crippen LogP contribution in [0.3, 0.4) is 0 Å². The molecule has 1 fully saturated rings. The molecule has 0 spiro atoms. The minimum absolute atomic E-state index is 0.0177. The van der Waals surface area contributed by atoms with Gasteiger partial charge < -0.3 is 171 Å². The molecule has 0 aromatic heterocycles. The summed E-state index contributed by atoms with van der Waals surface area (Å²) >= 11 is 0. The Morgan fingerprint density at radius 2 is 0.810 bits per heavy atom. The first-order valence-corrected chi connectivity index (χ1v) is 52.4. The van der Waals surface area contributed by atoms with Gasteiger partial charge >= 0.3 is 18.1 Å². The number of hydrogen-bond acceptors (Lipinski definition) is 37. The topological polar surface area (TPSA) is 545 Å². The Balaban J connectivity index is 0.711. The lowest BCUT2D eigenvalue weighted by Crippen LogP contribution is -2.54. The second-order valence-corrected chi connectivity index (χ2v) is 35.3. The van der Waals surface area contributed by atoms with Crippen molar-refractivity contribution in [3.63, 3.8) is 0 Å². The molecule has 47 heteroatoms. The summed E-state index contributed by atoms with van der Waals surface area (Å²) in [6.45, 7) is 30.3. The molecular weight excluding hydrogens is 1950 g/mol. The normalized spacial score (nSPS) is 13.2. The van der Waals surface area contributed by atoms with Gasteiger partial charge in [-0.15, -0.1) is 0 Å². The summed E-state index contributed by atoms with van der Waals surface area (Å²) in [6, 6.07) is 15.9. The largest absolute Gasteiger partial charge is 0.481 e. The van der Waals surface area contributed by atoms with Crippen LogP contribution in [0.1, 0.15) is 83.8 Å². The number of fused-ring (bicyclic) bond motifs is 1. The molecule has 10 N–H and O–H groups in total. The van der Waals surface area contributed by atoms with Gasteiger partial charge in [-0.1, -0.05) is 64.1 Å². The number of nitrogens with two attached hydrogens (primary N) is 2. The molecule has 5 rings (SSSR count). The highest BCUT2D eigenvalue weighted by Crippen LogP contribution is 2.34. The van der Waals surface area contributed by atoms with Gasteiger partial charge in [0, 0.05) is 74.9 Å². The number of urea groups is 1. The third-order valence-electron chi connectivity index (χ3n) is 21.1. The molecule has 3 aromatic rings. The number of sulfonamides is 1. The molecule has 0 unspecified atom stereocenters. The number of nitrogens with zero attached hydrogens (tertiary/aromatic N) is 3. The summed E-state index contributed by atoms with van der Waals surface area (Å²) in [5.41, 5.74) is 15.8. The van der Waals surface area contributed by atoms with Gasteiger partial charge in [0.25, 0.3) is 0 Å². The predicted octanol–water partition coefficient (Wildman–Crippen LogP) is 4.62. The van der Waals surface area contributed by atoms with E-state index in [0.29, 0.717) is 351 Å². The molecule has 3 aromatic carbocycles. The van der Waals surface area contributed by atoms with E-state index in [1.165, 1.54) is 4.31 Å². The molecule has 0 aliphatic carbocycles. The molecule has 1 saturated heterocycles. The van der Waals surface area contributed by atoms with E-state index in [2.05, 4.69) is 31.6 Å². The number of amidine groups is 1. The zero-order valence-corrected chi connectivity index (χ0v) is 87.4. The lowest BCUT2D eigenvalue weighted by molar-refractivity contribution is -0.138. The second kappa shape index (κ2) is 87.3. The number of aliphatic carboxylic acids is 1. The van der Waals surface area contributed by atoms with E-state index in [4.69, 9.17) is 140 Å². The number of nitrogens with one attached hydrogen (secondary N) is 5. The Labute approximate surface area is 865 Å². The first-order chi connectivity index (χ1) is 71.8. The summed E-state index contributed by atoms with van der Waals surface area (Å²) < 4.78 is 172. The summed E-state index contributed by atoms with van der Waals surface area (Å²) in [6.07, 6.45) is 3.32. The van der Waals surface area contributed by atoms with Crippen molar-refractivity contribution in [3.8, 4) is 11.1 Å². The highest BCUT2D eigenvalue weighted by molar-refractivity contribution is 7.89. The van der Waals surface area contributed by atoms with E-state index < -0.39 is 57.9 Å². The van der Waals surface area contributed by atoms with Gasteiger partial charge in [0.15, 0.2) is 0 Å². The molecule has 2 aliphatic heterocycles. The number of primary amides is 1. The molecule has 0 saturated carbocycles. The lowest BCUT2D eigenvalue weighted by Gasteiger charge is -2.38. The number of anilines is 1. The summed E-state index contributed by atoms with van der Waals surface area (Å²) in [5.74, 6) is -2.78. The van der Waals surface area contributed by atoms with Gasteiger partial charge in [-0.25, -0.2) is 23.0 Å². The standard InChI is InChI=1S/C100H166N10O36S/c1-5-21-109(22-6-2)98(116)87-73-86-15-14-85(75-91(86)106-92(101)76-87)84-9-7-10-89(74-84)147(119,120)110-78-83(79-110)77-104-100(118)146-80-82-12-16-88(17-13-82)105-96(114)90(11-8-20-103-99(102)117)107-97(115)95(81(3)4)108-93(111)18-23-121-25-27-123-29-31-125-33-35-127-37-39-129-41-43-131-45-47-133-49-51-135-53-55-137-57-59-139-61-63-141-65-67-143-69-71-145-72-70-144-68-66-142-64-62-140-60-58-138-56-54-136-52-50-134-48-46-132-44-42-130-40-38-128-36-34-126-32-30-124-28-26-122-24-19-94(112)113/h7,9-10,12-17,73-75,81,83,90,95H,5-6,8,11,18-72,76-80H2,1-4H3,(H2,101,106)(H,104,118)(H,105,114)(H,107,115)(H,108,111)(H,112,113)(H3,102,103,117)/t90-,95-/m0/s1. The van der Waals surface area contributed by atoms with E-state index in [1.807, 2.05) is 49.1 Å². The van der Waals surface area contributed by atoms with Crippen molar-refractivity contribution in [3.05, 3.63) is 83.4 Å². The van der Waals surface area contributed by atoms with Crippen LogP contribution in [0.25, 0.3) is 17.2 Å². The Bertz CT molecular complexity index is 4090. The van der Waals surface area contributed by atoms with E-state index in [9.17, 15) is 42.0 Å². The van der Waals surface area contributed by atoms with E-state index in [0.717, 1.165) is 24.0 Å².